The van der Waals surface area contributed by atoms with E-state index < -0.39 is 5.41 Å². The highest BCUT2D eigenvalue weighted by Crippen LogP contribution is 2.57. The maximum atomic E-state index is 4.07. The van der Waals surface area contributed by atoms with Gasteiger partial charge in [-0.25, -0.2) is 0 Å². The van der Waals surface area contributed by atoms with E-state index in [2.05, 4.69) is 267 Å². The summed E-state index contributed by atoms with van der Waals surface area (Å²) in [5, 5.41) is 2.41. The molecule has 0 fully saturated rings. The first-order valence-corrected chi connectivity index (χ1v) is 24.0. The van der Waals surface area contributed by atoms with E-state index in [-0.39, 0.29) is 0 Å². The van der Waals surface area contributed by atoms with Crippen molar-refractivity contribution in [1.82, 2.24) is 4.57 Å². The van der Waals surface area contributed by atoms with Gasteiger partial charge in [-0.3, -0.25) is 0 Å². The van der Waals surface area contributed by atoms with E-state index in [4.69, 9.17) is 0 Å². The largest absolute Gasteiger partial charge is 0.310 e. The Morgan fingerprint density at radius 3 is 1.43 bits per heavy atom. The van der Waals surface area contributed by atoms with Gasteiger partial charge < -0.3 is 9.47 Å². The molecule has 0 saturated heterocycles. The molecular weight excluding hydrogens is 845 g/mol. The molecule has 0 saturated carbocycles. The van der Waals surface area contributed by atoms with Crippen molar-refractivity contribution in [2.45, 2.75) is 12.3 Å². The fourth-order valence-corrected chi connectivity index (χ4v) is 10.9. The second-order valence-corrected chi connectivity index (χ2v) is 18.4. The van der Waals surface area contributed by atoms with Crippen LogP contribution in [0.5, 0.6) is 0 Å². The van der Waals surface area contributed by atoms with Crippen LogP contribution < -0.4 is 4.90 Å². The summed E-state index contributed by atoms with van der Waals surface area (Å²) in [6, 6.07) is 85.0. The fourth-order valence-electron chi connectivity index (χ4n) is 10.9. The number of para-hydroxylation sites is 1. The Kier molecular flexibility index (Phi) is 10.5. The number of benzene rings is 10. The quantitative estimate of drug-likeness (QED) is 0.126. The average Bonchev–Trinajstić information content (AvgIpc) is 3.91. The third kappa shape index (κ3) is 6.95. The molecule has 11 aromatic rings. The first-order valence-electron chi connectivity index (χ1n) is 24.0. The minimum atomic E-state index is -0.546. The summed E-state index contributed by atoms with van der Waals surface area (Å²) in [4.78, 5) is 2.39. The number of hydrogen-bond acceptors (Lipinski definition) is 1. The lowest BCUT2D eigenvalue weighted by Gasteiger charge is -2.35. The number of fused-ring (bicyclic) bond motifs is 6. The second kappa shape index (κ2) is 17.3. The Hall–Kier alpha value is -8.98. The number of hydrogen-bond donors (Lipinski definition) is 0. The maximum absolute atomic E-state index is 4.07. The molecule has 70 heavy (non-hydrogen) atoms. The second-order valence-electron chi connectivity index (χ2n) is 18.4. The van der Waals surface area contributed by atoms with Crippen molar-refractivity contribution in [2.75, 3.05) is 4.90 Å². The summed E-state index contributed by atoms with van der Waals surface area (Å²) >= 11 is 0. The van der Waals surface area contributed by atoms with Crippen LogP contribution in [-0.2, 0) is 5.41 Å². The van der Waals surface area contributed by atoms with Crippen LogP contribution in [0.1, 0.15) is 44.5 Å². The smallest absolute Gasteiger partial charge is 0.0714 e. The van der Waals surface area contributed by atoms with Gasteiger partial charge in [-0.05, 0) is 152 Å². The van der Waals surface area contributed by atoms with Crippen molar-refractivity contribution in [3.63, 3.8) is 0 Å². The molecule has 1 aliphatic carbocycles. The monoisotopic (exact) mass is 894 g/mol. The molecular formula is C68H50N2. The van der Waals surface area contributed by atoms with Crippen molar-refractivity contribution < 1.29 is 0 Å². The molecule has 1 heterocycles. The van der Waals surface area contributed by atoms with Crippen molar-refractivity contribution in [3.8, 4) is 39.1 Å². The van der Waals surface area contributed by atoms with Crippen LogP contribution in [0.4, 0.5) is 17.1 Å². The van der Waals surface area contributed by atoms with Gasteiger partial charge >= 0.3 is 0 Å². The van der Waals surface area contributed by atoms with Gasteiger partial charge in [0.1, 0.15) is 0 Å². The number of rotatable bonds is 11. The highest BCUT2D eigenvalue weighted by molar-refractivity contribution is 6.11. The molecule has 12 rings (SSSR count). The zero-order valence-electron chi connectivity index (χ0n) is 39.2. The molecule has 1 atom stereocenters. The van der Waals surface area contributed by atoms with E-state index in [1.165, 1.54) is 60.8 Å². The maximum Gasteiger partial charge on any atom is 0.0714 e. The standard InChI is InChI=1S/C68H50N2/c1-5-47-19-25-50(26-20-47)52-29-41-66-62(43-52)63-44-53(30-42-67(63)70(66)58-35-23-49(7-3)24-36-58)51-27-37-57(38-28-51)69(56-13-9-8-10-14-56)59-39-40-61-60-15-11-12-16-64(60)68(65(61)45-59,54-31-17-46(4)18-32-54)55-33-21-48(6-2)22-34-55/h5-45H,1-3H2,4H3. The van der Waals surface area contributed by atoms with Crippen LogP contribution in [0.25, 0.3) is 79.1 Å². The molecule has 0 bridgehead atoms. The minimum absolute atomic E-state index is 0.546. The SMILES string of the molecule is C=Cc1ccc(-c2ccc3c(c2)c2cc(-c4ccc(N(c5ccccc5)c5ccc6c(c5)C(c5ccc(C)cc5)(c5ccc(C=C)cc5)c5ccccc5-6)cc4)ccc2n3-c2ccc(C=C)cc2)cc1. The molecule has 0 amide bonds. The summed E-state index contributed by atoms with van der Waals surface area (Å²) in [7, 11) is 0. The minimum Gasteiger partial charge on any atom is -0.310 e. The van der Waals surface area contributed by atoms with Crippen molar-refractivity contribution in [1.29, 1.82) is 0 Å². The van der Waals surface area contributed by atoms with E-state index in [0.717, 1.165) is 61.6 Å². The van der Waals surface area contributed by atoms with Gasteiger partial charge in [0.2, 0.25) is 0 Å². The molecule has 1 unspecified atom stereocenters. The third-order valence-electron chi connectivity index (χ3n) is 14.5. The highest BCUT2D eigenvalue weighted by Gasteiger charge is 2.46. The molecule has 2 heteroatoms. The Labute approximate surface area is 410 Å². The van der Waals surface area contributed by atoms with Gasteiger partial charge in [-0.15, -0.1) is 0 Å². The Bertz CT molecular complexity index is 3780. The Morgan fingerprint density at radius 1 is 0.386 bits per heavy atom. The van der Waals surface area contributed by atoms with E-state index in [1.54, 1.807) is 0 Å². The van der Waals surface area contributed by atoms with Gasteiger partial charge in [0.05, 0.1) is 16.4 Å². The molecule has 1 aliphatic rings. The molecule has 0 aliphatic heterocycles. The predicted octanol–water partition coefficient (Wildman–Crippen LogP) is 18.2. The first-order chi connectivity index (χ1) is 34.4. The normalized spacial score (nSPS) is 13.7. The van der Waals surface area contributed by atoms with Gasteiger partial charge in [-0.2, -0.15) is 0 Å². The van der Waals surface area contributed by atoms with E-state index in [1.807, 2.05) is 18.2 Å². The van der Waals surface area contributed by atoms with Crippen LogP contribution in [0.3, 0.4) is 0 Å². The lowest BCUT2D eigenvalue weighted by Crippen LogP contribution is -2.28. The van der Waals surface area contributed by atoms with Crippen LogP contribution in [0.15, 0.2) is 250 Å². The Balaban J connectivity index is 0.990. The summed E-state index contributed by atoms with van der Waals surface area (Å²) in [5.74, 6) is 0. The molecule has 1 aromatic heterocycles. The highest BCUT2D eigenvalue weighted by atomic mass is 15.1. The topological polar surface area (TPSA) is 8.17 Å². The van der Waals surface area contributed by atoms with Gasteiger partial charge in [0, 0.05) is 33.5 Å². The predicted molar refractivity (Wildman–Crippen MR) is 299 cm³/mol. The average molecular weight is 895 g/mol. The lowest BCUT2D eigenvalue weighted by atomic mass is 9.67. The number of anilines is 3. The van der Waals surface area contributed by atoms with Crippen LogP contribution in [-0.4, -0.2) is 4.57 Å². The summed E-state index contributed by atoms with van der Waals surface area (Å²) < 4.78 is 2.38. The third-order valence-corrected chi connectivity index (χ3v) is 14.5. The molecule has 0 radical (unpaired) electrons. The first kappa shape index (κ1) is 42.4. The zero-order valence-corrected chi connectivity index (χ0v) is 39.2. The summed E-state index contributed by atoms with van der Waals surface area (Å²) in [6.07, 6.45) is 5.70. The number of nitrogens with zero attached hydrogens (tertiary/aromatic N) is 2. The fraction of sp³-hybridized carbons (Fsp3) is 0.0294. The van der Waals surface area contributed by atoms with E-state index in [0.29, 0.717) is 0 Å². The molecule has 332 valence electrons. The van der Waals surface area contributed by atoms with E-state index in [9.17, 15) is 0 Å². The Morgan fingerprint density at radius 2 is 0.843 bits per heavy atom. The van der Waals surface area contributed by atoms with Gasteiger partial charge in [0.25, 0.3) is 0 Å². The van der Waals surface area contributed by atoms with Crippen molar-refractivity contribution in [2.24, 2.45) is 0 Å². The number of aryl methyl sites for hydroxylation is 1. The lowest BCUT2D eigenvalue weighted by molar-refractivity contribution is 0.768. The van der Waals surface area contributed by atoms with Crippen LogP contribution >= 0.6 is 0 Å². The molecule has 2 nitrogen and oxygen atoms in total. The van der Waals surface area contributed by atoms with Gasteiger partial charge in [-0.1, -0.05) is 201 Å². The van der Waals surface area contributed by atoms with Crippen LogP contribution in [0, 0.1) is 6.92 Å². The zero-order chi connectivity index (χ0) is 47.3. The van der Waals surface area contributed by atoms with E-state index >= 15 is 0 Å². The summed E-state index contributed by atoms with van der Waals surface area (Å²) in [5.41, 5.74) is 22.9. The molecule has 0 spiro atoms. The van der Waals surface area contributed by atoms with Crippen LogP contribution in [0.2, 0.25) is 0 Å². The summed E-state index contributed by atoms with van der Waals surface area (Å²) in [6.45, 7) is 14.2. The van der Waals surface area contributed by atoms with Crippen molar-refractivity contribution >= 4 is 57.1 Å². The van der Waals surface area contributed by atoms with Crippen molar-refractivity contribution in [3.05, 3.63) is 295 Å². The number of aromatic nitrogens is 1. The molecule has 0 N–H and O–H groups in total. The molecule has 10 aromatic carbocycles. The van der Waals surface area contributed by atoms with Gasteiger partial charge in [0.15, 0.2) is 0 Å².